The Hall–Kier alpha value is -1.41. The molecule has 0 spiro atoms. The lowest BCUT2D eigenvalue weighted by Crippen LogP contribution is -2.12. The second kappa shape index (κ2) is 5.08. The maximum Gasteiger partial charge on any atom is 0.183 e. The molecule has 0 aliphatic carbocycles. The lowest BCUT2D eigenvalue weighted by atomic mass is 9.99. The smallest absolute Gasteiger partial charge is 0.183 e. The van der Waals surface area contributed by atoms with E-state index in [4.69, 9.17) is 5.11 Å². The van der Waals surface area contributed by atoms with Crippen molar-refractivity contribution in [3.63, 3.8) is 0 Å². The van der Waals surface area contributed by atoms with Gasteiger partial charge in [0.2, 0.25) is 0 Å². The van der Waals surface area contributed by atoms with Crippen molar-refractivity contribution in [2.75, 3.05) is 0 Å². The Morgan fingerprint density at radius 1 is 1.25 bits per heavy atom. The summed E-state index contributed by atoms with van der Waals surface area (Å²) in [5.41, 5.74) is 4.56. The topological polar surface area (TPSA) is 37.3 Å². The van der Waals surface area contributed by atoms with Gasteiger partial charge in [-0.25, -0.2) is 0 Å². The van der Waals surface area contributed by atoms with Crippen LogP contribution in [0.15, 0.2) is 18.2 Å². The highest BCUT2D eigenvalue weighted by Gasteiger charge is 2.05. The molecule has 0 aliphatic rings. The van der Waals surface area contributed by atoms with E-state index in [9.17, 15) is 4.79 Å². The predicted molar refractivity (Wildman–Crippen MR) is 66.4 cm³/mol. The first kappa shape index (κ1) is 12.7. The number of hydrogen-bond acceptors (Lipinski definition) is 2. The molecule has 0 radical (unpaired) electrons. The van der Waals surface area contributed by atoms with Crippen molar-refractivity contribution in [1.29, 1.82) is 0 Å². The second-order valence-corrected chi connectivity index (χ2v) is 4.22. The van der Waals surface area contributed by atoms with Crippen LogP contribution in [0.5, 0.6) is 0 Å². The van der Waals surface area contributed by atoms with Gasteiger partial charge in [-0.05, 0) is 50.5 Å². The minimum Gasteiger partial charge on any atom is -0.385 e. The van der Waals surface area contributed by atoms with E-state index in [1.807, 2.05) is 13.8 Å². The third kappa shape index (κ3) is 3.04. The molecule has 1 atom stereocenters. The van der Waals surface area contributed by atoms with Crippen molar-refractivity contribution in [3.8, 4) is 0 Å². The van der Waals surface area contributed by atoms with Crippen LogP contribution in [0, 0.1) is 20.8 Å². The SMILES string of the molecule is Cc1cc(C)c(/C=C/C(=O)[C@H](C)O)c(C)c1. The third-order valence-electron chi connectivity index (χ3n) is 2.56. The van der Waals surface area contributed by atoms with Crippen molar-refractivity contribution in [3.05, 3.63) is 40.5 Å². The molecule has 1 aromatic rings. The van der Waals surface area contributed by atoms with Crippen LogP contribution >= 0.6 is 0 Å². The third-order valence-corrected chi connectivity index (χ3v) is 2.56. The molecule has 0 amide bonds. The minimum atomic E-state index is -0.928. The van der Waals surface area contributed by atoms with Crippen LogP contribution in [0.1, 0.15) is 29.2 Å². The van der Waals surface area contributed by atoms with E-state index < -0.39 is 6.10 Å². The molecule has 0 aromatic heterocycles. The van der Waals surface area contributed by atoms with Crippen LogP contribution in [0.4, 0.5) is 0 Å². The lowest BCUT2D eigenvalue weighted by Gasteiger charge is -2.07. The Morgan fingerprint density at radius 2 is 1.75 bits per heavy atom. The Morgan fingerprint density at radius 3 is 2.19 bits per heavy atom. The van der Waals surface area contributed by atoms with Crippen LogP contribution in [-0.2, 0) is 4.79 Å². The summed E-state index contributed by atoms with van der Waals surface area (Å²) in [5.74, 6) is -0.264. The van der Waals surface area contributed by atoms with E-state index in [0.717, 1.165) is 16.7 Å². The van der Waals surface area contributed by atoms with Gasteiger partial charge < -0.3 is 5.11 Å². The van der Waals surface area contributed by atoms with Gasteiger partial charge in [0, 0.05) is 0 Å². The van der Waals surface area contributed by atoms with Crippen LogP contribution in [0.25, 0.3) is 6.08 Å². The van der Waals surface area contributed by atoms with Crippen molar-refractivity contribution in [1.82, 2.24) is 0 Å². The zero-order valence-corrected chi connectivity index (χ0v) is 10.2. The quantitative estimate of drug-likeness (QED) is 0.792. The zero-order chi connectivity index (χ0) is 12.3. The molecular formula is C14H18O2. The Labute approximate surface area is 96.6 Å². The summed E-state index contributed by atoms with van der Waals surface area (Å²) < 4.78 is 0. The first-order chi connectivity index (χ1) is 7.41. The van der Waals surface area contributed by atoms with E-state index >= 15 is 0 Å². The number of hydrogen-bond donors (Lipinski definition) is 1. The number of aliphatic hydroxyl groups is 1. The summed E-state index contributed by atoms with van der Waals surface area (Å²) >= 11 is 0. The molecule has 1 rings (SSSR count). The van der Waals surface area contributed by atoms with Crippen molar-refractivity contribution in [2.24, 2.45) is 0 Å². The van der Waals surface area contributed by atoms with E-state index in [1.54, 1.807) is 6.08 Å². The van der Waals surface area contributed by atoms with Crippen molar-refractivity contribution >= 4 is 11.9 Å². The fourth-order valence-electron chi connectivity index (χ4n) is 1.76. The van der Waals surface area contributed by atoms with Crippen molar-refractivity contribution < 1.29 is 9.90 Å². The largest absolute Gasteiger partial charge is 0.385 e. The Bertz CT molecular complexity index is 405. The molecule has 1 N–H and O–H groups in total. The number of carbonyl (C=O) groups is 1. The predicted octanol–water partition coefficient (Wildman–Crippen LogP) is 2.57. The van der Waals surface area contributed by atoms with Gasteiger partial charge in [-0.15, -0.1) is 0 Å². The molecule has 0 unspecified atom stereocenters. The van der Waals surface area contributed by atoms with E-state index in [1.165, 1.54) is 18.6 Å². The van der Waals surface area contributed by atoms with Gasteiger partial charge >= 0.3 is 0 Å². The zero-order valence-electron chi connectivity index (χ0n) is 10.2. The van der Waals surface area contributed by atoms with Gasteiger partial charge in [0.25, 0.3) is 0 Å². The summed E-state index contributed by atoms with van der Waals surface area (Å²) in [6.07, 6.45) is 2.29. The number of ketones is 1. The van der Waals surface area contributed by atoms with Crippen LogP contribution in [0.3, 0.4) is 0 Å². The molecule has 0 heterocycles. The van der Waals surface area contributed by atoms with E-state index in [-0.39, 0.29) is 5.78 Å². The Balaban J connectivity index is 3.02. The second-order valence-electron chi connectivity index (χ2n) is 4.22. The molecule has 2 heteroatoms. The first-order valence-corrected chi connectivity index (χ1v) is 5.39. The van der Waals surface area contributed by atoms with Gasteiger partial charge in [-0.1, -0.05) is 23.8 Å². The van der Waals surface area contributed by atoms with Crippen molar-refractivity contribution in [2.45, 2.75) is 33.8 Å². The molecule has 86 valence electrons. The maximum absolute atomic E-state index is 11.3. The van der Waals surface area contributed by atoms with Gasteiger partial charge in [-0.3, -0.25) is 4.79 Å². The van der Waals surface area contributed by atoms with Crippen LogP contribution < -0.4 is 0 Å². The minimum absolute atomic E-state index is 0.264. The molecule has 0 saturated heterocycles. The fraction of sp³-hybridized carbons (Fsp3) is 0.357. The van der Waals surface area contributed by atoms with Gasteiger partial charge in [0.05, 0.1) is 0 Å². The van der Waals surface area contributed by atoms with Gasteiger partial charge in [-0.2, -0.15) is 0 Å². The molecule has 2 nitrogen and oxygen atoms in total. The van der Waals surface area contributed by atoms with Crippen LogP contribution in [0.2, 0.25) is 0 Å². The van der Waals surface area contributed by atoms with Crippen LogP contribution in [-0.4, -0.2) is 17.0 Å². The molecule has 0 aliphatic heterocycles. The lowest BCUT2D eigenvalue weighted by molar-refractivity contribution is -0.121. The molecule has 16 heavy (non-hydrogen) atoms. The van der Waals surface area contributed by atoms with E-state index in [2.05, 4.69) is 19.1 Å². The number of aryl methyl sites for hydroxylation is 3. The summed E-state index contributed by atoms with van der Waals surface area (Å²) in [4.78, 5) is 11.3. The maximum atomic E-state index is 11.3. The molecular weight excluding hydrogens is 200 g/mol. The first-order valence-electron chi connectivity index (χ1n) is 5.39. The highest BCUT2D eigenvalue weighted by Crippen LogP contribution is 2.17. The molecule has 0 saturated carbocycles. The molecule has 1 aromatic carbocycles. The standard InChI is InChI=1S/C14H18O2/c1-9-7-10(2)13(11(3)8-9)5-6-14(16)12(4)15/h5-8,12,15H,1-4H3/b6-5+/t12-/m0/s1. The highest BCUT2D eigenvalue weighted by atomic mass is 16.3. The normalized spacial score (nSPS) is 13.1. The van der Waals surface area contributed by atoms with Gasteiger partial charge in [0.15, 0.2) is 5.78 Å². The monoisotopic (exact) mass is 218 g/mol. The number of benzene rings is 1. The average Bonchev–Trinajstić information content (AvgIpc) is 2.15. The highest BCUT2D eigenvalue weighted by molar-refractivity contribution is 5.96. The average molecular weight is 218 g/mol. The number of carbonyl (C=O) groups excluding carboxylic acids is 1. The molecule has 0 bridgehead atoms. The summed E-state index contributed by atoms with van der Waals surface area (Å²) in [5, 5.41) is 9.08. The summed E-state index contributed by atoms with van der Waals surface area (Å²) in [7, 11) is 0. The summed E-state index contributed by atoms with van der Waals surface area (Å²) in [6, 6.07) is 4.17. The van der Waals surface area contributed by atoms with Gasteiger partial charge in [0.1, 0.15) is 6.10 Å². The Kier molecular flexibility index (Phi) is 4.02. The van der Waals surface area contributed by atoms with E-state index in [0.29, 0.717) is 0 Å². The summed E-state index contributed by atoms with van der Waals surface area (Å²) in [6.45, 7) is 7.56. The number of rotatable bonds is 3. The molecule has 0 fully saturated rings. The number of aliphatic hydroxyl groups excluding tert-OH is 1. The fourth-order valence-corrected chi connectivity index (χ4v) is 1.76.